The number of amides is 2. The molecule has 4 atom stereocenters. The number of nitrogens with zero attached hydrogens (tertiary/aromatic N) is 5. The quantitative estimate of drug-likeness (QED) is 0.235. The fraction of sp³-hybridized carbons (Fsp3) is 0.467. The van der Waals surface area contributed by atoms with Gasteiger partial charge in [0.2, 0.25) is 14.3 Å². The van der Waals surface area contributed by atoms with E-state index in [1.54, 1.807) is 33.8 Å². The maximum atomic E-state index is 16.0. The molecule has 3 aliphatic heterocycles. The SMILES string of the molecule is C[C@@H]1[C@@H]([Si](C)(C)F)[C@H](CCn2cc(CCO)nn2)O[C@@]12C(=O)N(Cc1cccc(N3CCC3=O)c1)c1ccccc12. The smallest absolute Gasteiger partial charge is 0.264 e. The van der Waals surface area contributed by atoms with E-state index in [9.17, 15) is 14.7 Å². The van der Waals surface area contributed by atoms with Crippen molar-refractivity contribution < 1.29 is 23.5 Å². The van der Waals surface area contributed by atoms with Gasteiger partial charge in [0.15, 0.2) is 5.60 Å². The number of ether oxygens (including phenoxy) is 1. The molecule has 0 saturated carbocycles. The van der Waals surface area contributed by atoms with Crippen LogP contribution < -0.4 is 9.80 Å². The van der Waals surface area contributed by atoms with Crippen molar-refractivity contribution in [2.45, 2.75) is 69.6 Å². The number of carbonyl (C=O) groups is 2. The van der Waals surface area contributed by atoms with E-state index in [2.05, 4.69) is 10.3 Å². The molecule has 4 heterocycles. The molecule has 2 saturated heterocycles. The van der Waals surface area contributed by atoms with Gasteiger partial charge in [0.1, 0.15) is 0 Å². The van der Waals surface area contributed by atoms with E-state index < -0.39 is 25.7 Å². The number of hydrogen-bond acceptors (Lipinski definition) is 6. The summed E-state index contributed by atoms with van der Waals surface area (Å²) >= 11 is 0. The van der Waals surface area contributed by atoms with Gasteiger partial charge in [0.25, 0.3) is 5.91 Å². The fourth-order valence-electron chi connectivity index (χ4n) is 6.96. The molecular weight excluding hydrogens is 541 g/mol. The molecule has 3 aliphatic rings. The summed E-state index contributed by atoms with van der Waals surface area (Å²) < 4.78 is 24.5. The fourth-order valence-corrected chi connectivity index (χ4v) is 9.50. The van der Waals surface area contributed by atoms with Crippen LogP contribution in [0.3, 0.4) is 0 Å². The number of para-hydroxylation sites is 1. The molecule has 9 nitrogen and oxygen atoms in total. The molecule has 1 N–H and O–H groups in total. The van der Waals surface area contributed by atoms with Crippen molar-refractivity contribution in [2.24, 2.45) is 5.92 Å². The van der Waals surface area contributed by atoms with Crippen LogP contribution in [0.25, 0.3) is 0 Å². The second-order valence-electron chi connectivity index (χ2n) is 11.9. The summed E-state index contributed by atoms with van der Waals surface area (Å²) in [6.45, 7) is 6.84. The number of aliphatic hydroxyl groups is 1. The first kappa shape index (κ1) is 27.7. The van der Waals surface area contributed by atoms with Crippen molar-refractivity contribution in [3.8, 4) is 0 Å². The Labute approximate surface area is 240 Å². The Morgan fingerprint density at radius 3 is 2.68 bits per heavy atom. The summed E-state index contributed by atoms with van der Waals surface area (Å²) in [7, 11) is -3.27. The van der Waals surface area contributed by atoms with Crippen LogP contribution in [0.5, 0.6) is 0 Å². The molecule has 3 aromatic rings. The lowest BCUT2D eigenvalue weighted by Crippen LogP contribution is -2.45. The molecule has 0 aliphatic carbocycles. The number of hydrogen-bond donors (Lipinski definition) is 1. The monoisotopic (exact) mass is 577 g/mol. The number of rotatable bonds is 9. The Morgan fingerprint density at radius 1 is 1.17 bits per heavy atom. The van der Waals surface area contributed by atoms with Crippen LogP contribution in [0.1, 0.15) is 36.6 Å². The van der Waals surface area contributed by atoms with Crippen LogP contribution in [-0.4, -0.2) is 59.6 Å². The van der Waals surface area contributed by atoms with E-state index in [1.165, 1.54) is 0 Å². The van der Waals surface area contributed by atoms with Crippen molar-refractivity contribution in [1.82, 2.24) is 15.0 Å². The van der Waals surface area contributed by atoms with E-state index in [0.29, 0.717) is 44.6 Å². The van der Waals surface area contributed by atoms with E-state index in [1.807, 2.05) is 55.5 Å². The predicted molar refractivity (Wildman–Crippen MR) is 155 cm³/mol. The first-order chi connectivity index (χ1) is 19.6. The highest BCUT2D eigenvalue weighted by molar-refractivity contribution is 6.72. The number of aromatic nitrogens is 3. The Bertz CT molecular complexity index is 1470. The molecule has 1 aromatic heterocycles. The van der Waals surface area contributed by atoms with Gasteiger partial charge >= 0.3 is 0 Å². The maximum absolute atomic E-state index is 16.0. The Hall–Kier alpha value is -3.41. The lowest BCUT2D eigenvalue weighted by atomic mass is 9.82. The van der Waals surface area contributed by atoms with Gasteiger partial charge in [0, 0.05) is 61.4 Å². The van der Waals surface area contributed by atoms with Crippen molar-refractivity contribution >= 4 is 31.6 Å². The second kappa shape index (κ2) is 10.5. The van der Waals surface area contributed by atoms with Gasteiger partial charge in [-0.25, -0.2) is 0 Å². The standard InChI is InChI=1S/C30H36FN5O4Si/c1-20-28(41(2,3)31)26(11-14-34-19-22(13-16-37)32-33-34)40-30(20)24-9-4-5-10-25(24)36(29(30)39)18-21-7-6-8-23(17-21)35-15-12-27(35)38/h4-10,17,19-20,26,28,37H,11-16,18H2,1-3H3/t20-,26+,28-,30+/m1/s1. The van der Waals surface area contributed by atoms with Crippen LogP contribution in [0, 0.1) is 5.92 Å². The van der Waals surface area contributed by atoms with Crippen LogP contribution in [0.2, 0.25) is 18.6 Å². The number of β-lactam (4-membered cyclic amide) rings is 1. The average molecular weight is 578 g/mol. The van der Waals surface area contributed by atoms with Crippen LogP contribution in [-0.2, 0) is 39.4 Å². The number of anilines is 2. The minimum atomic E-state index is -3.27. The molecule has 1 spiro atoms. The Morgan fingerprint density at radius 2 is 1.98 bits per heavy atom. The van der Waals surface area contributed by atoms with Crippen LogP contribution in [0.4, 0.5) is 15.5 Å². The van der Waals surface area contributed by atoms with Gasteiger partial charge in [0.05, 0.1) is 24.0 Å². The highest BCUT2D eigenvalue weighted by Crippen LogP contribution is 2.60. The topological polar surface area (TPSA) is 101 Å². The number of aryl methyl sites for hydroxylation is 1. The third kappa shape index (κ3) is 4.69. The summed E-state index contributed by atoms with van der Waals surface area (Å²) in [5, 5.41) is 17.4. The molecule has 6 rings (SSSR count). The van der Waals surface area contributed by atoms with Crippen LogP contribution >= 0.6 is 0 Å². The van der Waals surface area contributed by atoms with Gasteiger partial charge in [-0.2, -0.15) is 0 Å². The molecule has 2 amide bonds. The highest BCUT2D eigenvalue weighted by Gasteiger charge is 2.66. The number of aliphatic hydroxyl groups excluding tert-OH is 1. The second-order valence-corrected chi connectivity index (χ2v) is 15.7. The molecule has 2 aromatic carbocycles. The number of benzene rings is 2. The third-order valence-corrected chi connectivity index (χ3v) is 11.3. The molecule has 216 valence electrons. The maximum Gasteiger partial charge on any atom is 0.264 e. The van der Waals surface area contributed by atoms with E-state index in [-0.39, 0.29) is 24.3 Å². The Balaban J connectivity index is 1.31. The van der Waals surface area contributed by atoms with Crippen LogP contribution in [0.15, 0.2) is 54.7 Å². The average Bonchev–Trinajstić information content (AvgIpc) is 3.57. The van der Waals surface area contributed by atoms with Gasteiger partial charge in [-0.15, -0.1) is 5.10 Å². The van der Waals surface area contributed by atoms with Gasteiger partial charge < -0.3 is 23.8 Å². The first-order valence-corrected chi connectivity index (χ1v) is 17.3. The minimum absolute atomic E-state index is 0.00707. The number of carbonyl (C=O) groups excluding carboxylic acids is 2. The van der Waals surface area contributed by atoms with E-state index in [4.69, 9.17) is 4.74 Å². The number of halogens is 1. The van der Waals surface area contributed by atoms with Gasteiger partial charge in [-0.1, -0.05) is 42.5 Å². The van der Waals surface area contributed by atoms with E-state index >= 15 is 4.11 Å². The first-order valence-electron chi connectivity index (χ1n) is 14.3. The predicted octanol–water partition coefficient (Wildman–Crippen LogP) is 3.96. The minimum Gasteiger partial charge on any atom is -0.396 e. The molecule has 0 bridgehead atoms. The summed E-state index contributed by atoms with van der Waals surface area (Å²) in [6.07, 6.45) is 2.78. The normalized spacial score (nSPS) is 25.7. The summed E-state index contributed by atoms with van der Waals surface area (Å²) in [4.78, 5) is 30.0. The molecule has 0 unspecified atom stereocenters. The lowest BCUT2D eigenvalue weighted by Gasteiger charge is -2.32. The highest BCUT2D eigenvalue weighted by atomic mass is 28.4. The van der Waals surface area contributed by atoms with Crippen molar-refractivity contribution in [2.75, 3.05) is 23.0 Å². The van der Waals surface area contributed by atoms with Gasteiger partial charge in [-0.05, 0) is 43.3 Å². The Kier molecular flexibility index (Phi) is 7.07. The zero-order valence-electron chi connectivity index (χ0n) is 23.7. The van der Waals surface area contributed by atoms with Crippen molar-refractivity contribution in [3.05, 3.63) is 71.5 Å². The van der Waals surface area contributed by atoms with Crippen molar-refractivity contribution in [1.29, 1.82) is 0 Å². The zero-order chi connectivity index (χ0) is 28.9. The van der Waals surface area contributed by atoms with Gasteiger partial charge in [-0.3, -0.25) is 14.3 Å². The summed E-state index contributed by atoms with van der Waals surface area (Å²) in [5.41, 5.74) is 2.31. The summed E-state index contributed by atoms with van der Waals surface area (Å²) in [6, 6.07) is 15.4. The lowest BCUT2D eigenvalue weighted by molar-refractivity contribution is -0.146. The third-order valence-electron chi connectivity index (χ3n) is 8.88. The summed E-state index contributed by atoms with van der Waals surface area (Å²) in [5.74, 6) is -0.445. The molecule has 0 radical (unpaired) electrons. The van der Waals surface area contributed by atoms with E-state index in [0.717, 1.165) is 22.5 Å². The molecule has 41 heavy (non-hydrogen) atoms. The zero-order valence-corrected chi connectivity index (χ0v) is 24.7. The number of fused-ring (bicyclic) bond motifs is 2. The molecular formula is C30H36FN5O4Si. The molecule has 2 fully saturated rings. The largest absolute Gasteiger partial charge is 0.396 e. The van der Waals surface area contributed by atoms with Crippen molar-refractivity contribution in [3.63, 3.8) is 0 Å². The molecule has 11 heteroatoms.